The maximum atomic E-state index is 12.4. The van der Waals surface area contributed by atoms with Gasteiger partial charge in [-0.1, -0.05) is 13.8 Å². The highest BCUT2D eigenvalue weighted by atomic mass is 32.2. The molecule has 2 rings (SSSR count). The molecular weight excluding hydrogens is 290 g/mol. The summed E-state index contributed by atoms with van der Waals surface area (Å²) in [6, 6.07) is 1.73. The number of hydrogen-bond acceptors (Lipinski definition) is 4. The van der Waals surface area contributed by atoms with Crippen LogP contribution in [-0.2, 0) is 11.8 Å². The average Bonchev–Trinajstić information content (AvgIpc) is 2.82. The maximum Gasteiger partial charge on any atom is 0.329 e. The van der Waals surface area contributed by atoms with Gasteiger partial charge in [0.25, 0.3) is 5.91 Å². The Hall–Kier alpha value is -1.50. The number of aromatic nitrogens is 2. The third-order valence-electron chi connectivity index (χ3n) is 3.83. The molecule has 6 nitrogen and oxygen atoms in total. The van der Waals surface area contributed by atoms with Crippen molar-refractivity contribution in [2.24, 2.45) is 7.05 Å². The molecule has 0 aromatic carbocycles. The Morgan fingerprint density at radius 3 is 2.52 bits per heavy atom. The monoisotopic (exact) mass is 311 g/mol. The van der Waals surface area contributed by atoms with Crippen LogP contribution in [0.25, 0.3) is 0 Å². The number of thioether (sulfide) groups is 1. The standard InChI is InChI=1S/C14H21N3O3S/c1-9(2)10-8-11(17(3)16-10)12(18)15-14(13(19)20)4-6-21-7-5-14/h8-9H,4-7H2,1-3H3,(H,15,18)(H,19,20). The molecule has 1 aliphatic heterocycles. The van der Waals surface area contributed by atoms with Crippen LogP contribution < -0.4 is 5.32 Å². The molecule has 21 heavy (non-hydrogen) atoms. The molecule has 2 heterocycles. The van der Waals surface area contributed by atoms with E-state index >= 15 is 0 Å². The van der Waals surface area contributed by atoms with Crippen LogP contribution in [0.2, 0.25) is 0 Å². The molecule has 0 spiro atoms. The summed E-state index contributed by atoms with van der Waals surface area (Å²) in [5.74, 6) is 0.385. The van der Waals surface area contributed by atoms with E-state index in [9.17, 15) is 14.7 Å². The van der Waals surface area contributed by atoms with Crippen LogP contribution in [0.3, 0.4) is 0 Å². The van der Waals surface area contributed by atoms with Crippen LogP contribution >= 0.6 is 11.8 Å². The summed E-state index contributed by atoms with van der Waals surface area (Å²) in [6.07, 6.45) is 0.904. The topological polar surface area (TPSA) is 84.2 Å². The summed E-state index contributed by atoms with van der Waals surface area (Å²) < 4.78 is 1.51. The first kappa shape index (κ1) is 15.9. The molecule has 1 aromatic heterocycles. The van der Waals surface area contributed by atoms with Gasteiger partial charge in [0.2, 0.25) is 0 Å². The van der Waals surface area contributed by atoms with Crippen LogP contribution in [0.5, 0.6) is 0 Å². The Labute approximate surface area is 128 Å². The maximum absolute atomic E-state index is 12.4. The smallest absolute Gasteiger partial charge is 0.329 e. The zero-order valence-corrected chi connectivity index (χ0v) is 13.4. The van der Waals surface area contributed by atoms with Gasteiger partial charge in [-0.3, -0.25) is 9.48 Å². The molecule has 0 unspecified atom stereocenters. The number of amides is 1. The molecule has 1 aromatic rings. The van der Waals surface area contributed by atoms with E-state index in [4.69, 9.17) is 0 Å². The highest BCUT2D eigenvalue weighted by Crippen LogP contribution is 2.28. The third kappa shape index (κ3) is 3.23. The molecule has 0 radical (unpaired) electrons. The van der Waals surface area contributed by atoms with Gasteiger partial charge in [-0.15, -0.1) is 0 Å². The second-order valence-electron chi connectivity index (χ2n) is 5.69. The normalized spacial score (nSPS) is 17.7. The van der Waals surface area contributed by atoms with Crippen molar-refractivity contribution in [2.45, 2.75) is 38.1 Å². The van der Waals surface area contributed by atoms with Crippen LogP contribution in [-0.4, -0.2) is 43.8 Å². The van der Waals surface area contributed by atoms with Crippen LogP contribution in [0.1, 0.15) is 48.8 Å². The fourth-order valence-electron chi connectivity index (χ4n) is 2.38. The van der Waals surface area contributed by atoms with Gasteiger partial charge in [0.1, 0.15) is 11.2 Å². The predicted octanol–water partition coefficient (Wildman–Crippen LogP) is 1.62. The lowest BCUT2D eigenvalue weighted by Gasteiger charge is -2.33. The number of hydrogen-bond donors (Lipinski definition) is 2. The molecule has 1 amide bonds. The van der Waals surface area contributed by atoms with Gasteiger partial charge in [-0.05, 0) is 36.3 Å². The Balaban J connectivity index is 2.21. The summed E-state index contributed by atoms with van der Waals surface area (Å²) in [6.45, 7) is 4.00. The molecular formula is C14H21N3O3S. The molecule has 116 valence electrons. The fraction of sp³-hybridized carbons (Fsp3) is 0.643. The highest BCUT2D eigenvalue weighted by molar-refractivity contribution is 7.99. The van der Waals surface area contributed by atoms with E-state index in [1.165, 1.54) is 4.68 Å². The lowest BCUT2D eigenvalue weighted by atomic mass is 9.92. The van der Waals surface area contributed by atoms with Gasteiger partial charge < -0.3 is 10.4 Å². The van der Waals surface area contributed by atoms with Gasteiger partial charge in [-0.25, -0.2) is 4.79 Å². The van der Waals surface area contributed by atoms with Gasteiger partial charge in [0.15, 0.2) is 0 Å². The number of carbonyl (C=O) groups is 2. The van der Waals surface area contributed by atoms with Crippen molar-refractivity contribution in [3.8, 4) is 0 Å². The van der Waals surface area contributed by atoms with E-state index in [1.807, 2.05) is 13.8 Å². The van der Waals surface area contributed by atoms with E-state index in [0.717, 1.165) is 17.2 Å². The zero-order valence-electron chi connectivity index (χ0n) is 12.5. The Kier molecular flexibility index (Phi) is 4.61. The second kappa shape index (κ2) is 6.09. The number of nitrogens with one attached hydrogen (secondary N) is 1. The van der Waals surface area contributed by atoms with Crippen molar-refractivity contribution in [3.05, 3.63) is 17.5 Å². The summed E-state index contributed by atoms with van der Waals surface area (Å²) in [5.41, 5.74) is 0.0775. The van der Waals surface area contributed by atoms with Gasteiger partial charge >= 0.3 is 5.97 Å². The first-order chi connectivity index (χ1) is 9.85. The Morgan fingerprint density at radius 1 is 1.43 bits per heavy atom. The van der Waals surface area contributed by atoms with Crippen molar-refractivity contribution in [2.75, 3.05) is 11.5 Å². The number of rotatable bonds is 4. The summed E-state index contributed by atoms with van der Waals surface area (Å²) in [5, 5.41) is 16.5. The SMILES string of the molecule is CC(C)c1cc(C(=O)NC2(C(=O)O)CCSCC2)n(C)n1. The van der Waals surface area contributed by atoms with E-state index < -0.39 is 11.5 Å². The minimum Gasteiger partial charge on any atom is -0.480 e. The van der Waals surface area contributed by atoms with Gasteiger partial charge in [-0.2, -0.15) is 16.9 Å². The second-order valence-corrected chi connectivity index (χ2v) is 6.91. The lowest BCUT2D eigenvalue weighted by molar-refractivity contribution is -0.144. The number of carboxylic acid groups (broad SMARTS) is 1. The van der Waals surface area contributed by atoms with Crippen LogP contribution in [0.15, 0.2) is 6.07 Å². The molecule has 0 aliphatic carbocycles. The van der Waals surface area contributed by atoms with Crippen molar-refractivity contribution >= 4 is 23.6 Å². The number of nitrogens with zero attached hydrogens (tertiary/aromatic N) is 2. The molecule has 1 aliphatic rings. The summed E-state index contributed by atoms with van der Waals surface area (Å²) >= 11 is 1.72. The molecule has 1 saturated heterocycles. The van der Waals surface area contributed by atoms with Crippen molar-refractivity contribution in [1.82, 2.24) is 15.1 Å². The van der Waals surface area contributed by atoms with Crippen molar-refractivity contribution in [3.63, 3.8) is 0 Å². The Bertz CT molecular complexity index is 548. The first-order valence-electron chi connectivity index (χ1n) is 7.03. The van der Waals surface area contributed by atoms with Crippen molar-refractivity contribution in [1.29, 1.82) is 0 Å². The predicted molar refractivity (Wildman–Crippen MR) is 81.7 cm³/mol. The van der Waals surface area contributed by atoms with Gasteiger partial charge in [0.05, 0.1) is 5.69 Å². The fourth-order valence-corrected chi connectivity index (χ4v) is 3.57. The van der Waals surface area contributed by atoms with E-state index in [-0.39, 0.29) is 11.8 Å². The molecule has 0 atom stereocenters. The summed E-state index contributed by atoms with van der Waals surface area (Å²) in [7, 11) is 1.70. The number of carboxylic acids is 1. The zero-order chi connectivity index (χ0) is 15.6. The molecule has 7 heteroatoms. The van der Waals surface area contributed by atoms with Crippen LogP contribution in [0, 0.1) is 0 Å². The molecule has 0 bridgehead atoms. The quantitative estimate of drug-likeness (QED) is 0.883. The van der Waals surface area contributed by atoms with E-state index in [2.05, 4.69) is 10.4 Å². The first-order valence-corrected chi connectivity index (χ1v) is 8.19. The number of aryl methyl sites for hydroxylation is 1. The number of aliphatic carboxylic acids is 1. The van der Waals surface area contributed by atoms with E-state index in [0.29, 0.717) is 18.5 Å². The minimum atomic E-state index is -1.15. The lowest BCUT2D eigenvalue weighted by Crippen LogP contribution is -2.56. The van der Waals surface area contributed by atoms with Crippen molar-refractivity contribution < 1.29 is 14.7 Å². The Morgan fingerprint density at radius 2 is 2.05 bits per heavy atom. The highest BCUT2D eigenvalue weighted by Gasteiger charge is 2.41. The largest absolute Gasteiger partial charge is 0.480 e. The van der Waals surface area contributed by atoms with Gasteiger partial charge in [0, 0.05) is 7.05 Å². The van der Waals surface area contributed by atoms with E-state index in [1.54, 1.807) is 24.9 Å². The number of carbonyl (C=O) groups excluding carboxylic acids is 1. The van der Waals surface area contributed by atoms with Crippen LogP contribution in [0.4, 0.5) is 0 Å². The molecule has 1 fully saturated rings. The average molecular weight is 311 g/mol. The third-order valence-corrected chi connectivity index (χ3v) is 4.82. The molecule has 0 saturated carbocycles. The minimum absolute atomic E-state index is 0.220. The molecule has 2 N–H and O–H groups in total. The summed E-state index contributed by atoms with van der Waals surface area (Å²) in [4.78, 5) is 24.0.